The van der Waals surface area contributed by atoms with Crippen LogP contribution in [0.25, 0.3) is 0 Å². The van der Waals surface area contributed by atoms with Gasteiger partial charge in [-0.1, -0.05) is 0 Å². The summed E-state index contributed by atoms with van der Waals surface area (Å²) in [7, 11) is 3.05. The Morgan fingerprint density at radius 1 is 1.20 bits per heavy atom. The summed E-state index contributed by atoms with van der Waals surface area (Å²) < 4.78 is 14.2. The minimum atomic E-state index is -1.67. The van der Waals surface area contributed by atoms with Crippen molar-refractivity contribution in [2.75, 3.05) is 21.3 Å². The maximum absolute atomic E-state index is 6.88. The summed E-state index contributed by atoms with van der Waals surface area (Å²) in [5, 5.41) is 13.8. The van der Waals surface area contributed by atoms with E-state index in [1.165, 1.54) is 0 Å². The molecule has 0 unspecified atom stereocenters. The van der Waals surface area contributed by atoms with E-state index in [1.54, 1.807) is 21.3 Å². The lowest BCUT2D eigenvalue weighted by atomic mass is 11.6. The summed E-state index contributed by atoms with van der Waals surface area (Å²) in [6.45, 7) is 0. The summed E-state index contributed by atoms with van der Waals surface area (Å²) in [4.78, 5) is 0. The highest BCUT2D eigenvalue weighted by Crippen LogP contribution is 1.81. The van der Waals surface area contributed by atoms with Crippen molar-refractivity contribution in [2.45, 2.75) is 0 Å². The monoisotopic (exact) mass is 165 g/mol. The number of aliphatic hydroxyl groups excluding tert-OH is 1. The lowest BCUT2D eigenvalue weighted by Crippen LogP contribution is -2.21. The number of nitrogens with zero attached hydrogens (tertiary/aromatic N) is 1. The van der Waals surface area contributed by atoms with E-state index in [9.17, 15) is 0 Å². The van der Waals surface area contributed by atoms with Gasteiger partial charge in [-0.15, -0.1) is 0 Å². The minimum Gasteiger partial charge on any atom is -0.443 e. The molecule has 1 N–H and O–H groups in total. The van der Waals surface area contributed by atoms with Crippen LogP contribution in [-0.2, 0) is 13.3 Å². The van der Waals surface area contributed by atoms with E-state index in [0.717, 1.165) is 6.26 Å². The molecule has 0 saturated heterocycles. The van der Waals surface area contributed by atoms with Gasteiger partial charge in [0.2, 0.25) is 0 Å². The molecular formula is C4H11NO4Si. The Morgan fingerprint density at radius 3 is 1.40 bits per heavy atom. The van der Waals surface area contributed by atoms with Gasteiger partial charge < -0.3 is 18.4 Å². The molecule has 6 heteroatoms. The SMILES string of the molecule is CO[SiH](OC)OC.N#CO. The highest BCUT2D eigenvalue weighted by molar-refractivity contribution is 6.36. The normalized spacial score (nSPS) is 7.90. The molecule has 0 aliphatic rings. The van der Waals surface area contributed by atoms with Crippen molar-refractivity contribution in [3.8, 4) is 6.26 Å². The Kier molecular flexibility index (Phi) is 13.6. The van der Waals surface area contributed by atoms with Crippen LogP contribution in [0.15, 0.2) is 0 Å². The van der Waals surface area contributed by atoms with Crippen LogP contribution in [0.2, 0.25) is 0 Å². The Bertz CT molecular complexity index is 84.2. The van der Waals surface area contributed by atoms with Crippen molar-refractivity contribution in [1.82, 2.24) is 0 Å². The van der Waals surface area contributed by atoms with E-state index < -0.39 is 9.53 Å². The van der Waals surface area contributed by atoms with Crippen molar-refractivity contribution in [3.05, 3.63) is 0 Å². The summed E-state index contributed by atoms with van der Waals surface area (Å²) in [5.74, 6) is 0. The van der Waals surface area contributed by atoms with E-state index in [4.69, 9.17) is 23.6 Å². The fraction of sp³-hybridized carbons (Fsp3) is 0.750. The van der Waals surface area contributed by atoms with Gasteiger partial charge in [-0.3, -0.25) is 0 Å². The molecule has 0 aromatic rings. The van der Waals surface area contributed by atoms with Gasteiger partial charge in [0, 0.05) is 21.3 Å². The second-order valence-electron chi connectivity index (χ2n) is 1.10. The molecule has 0 atom stereocenters. The standard InChI is InChI=1S/C3H10O3Si.CHNO/c1-4-7(5-2)6-3;2-1-3/h7H,1-3H3;3H. The first-order valence-corrected chi connectivity index (χ1v) is 3.79. The first-order valence-electron chi connectivity index (χ1n) is 2.38. The second kappa shape index (κ2) is 11.2. The van der Waals surface area contributed by atoms with Gasteiger partial charge in [-0.25, -0.2) is 0 Å². The minimum absolute atomic E-state index is 0.750. The Balaban J connectivity index is 0. The number of aliphatic hydroxyl groups is 1. The zero-order valence-corrected chi connectivity index (χ0v) is 7.35. The number of rotatable bonds is 3. The number of hydrogen-bond donors (Lipinski definition) is 1. The number of hydrogen-bond acceptors (Lipinski definition) is 5. The van der Waals surface area contributed by atoms with Crippen LogP contribution in [0.5, 0.6) is 0 Å². The number of nitriles is 1. The molecule has 10 heavy (non-hydrogen) atoms. The van der Waals surface area contributed by atoms with Crippen molar-refractivity contribution >= 4 is 9.53 Å². The summed E-state index contributed by atoms with van der Waals surface area (Å²) in [5.41, 5.74) is 0. The van der Waals surface area contributed by atoms with Crippen molar-refractivity contribution in [1.29, 1.82) is 5.26 Å². The van der Waals surface area contributed by atoms with Crippen LogP contribution >= 0.6 is 0 Å². The molecule has 0 amide bonds. The zero-order valence-electron chi connectivity index (χ0n) is 6.20. The van der Waals surface area contributed by atoms with E-state index in [2.05, 4.69) is 0 Å². The largest absolute Gasteiger partial charge is 0.483 e. The molecule has 0 spiro atoms. The van der Waals surface area contributed by atoms with Crippen LogP contribution < -0.4 is 0 Å². The highest BCUT2D eigenvalue weighted by atomic mass is 28.3. The van der Waals surface area contributed by atoms with Crippen LogP contribution in [0, 0.1) is 11.5 Å². The third kappa shape index (κ3) is 10.4. The molecule has 0 saturated carbocycles. The van der Waals surface area contributed by atoms with Crippen LogP contribution in [0.3, 0.4) is 0 Å². The van der Waals surface area contributed by atoms with Crippen molar-refractivity contribution in [3.63, 3.8) is 0 Å². The predicted molar refractivity (Wildman–Crippen MR) is 35.7 cm³/mol. The average molecular weight is 165 g/mol. The van der Waals surface area contributed by atoms with E-state index in [-0.39, 0.29) is 0 Å². The van der Waals surface area contributed by atoms with Crippen LogP contribution in [-0.4, -0.2) is 36.0 Å². The van der Waals surface area contributed by atoms with Gasteiger partial charge in [-0.2, -0.15) is 5.26 Å². The molecule has 0 aromatic carbocycles. The van der Waals surface area contributed by atoms with Crippen LogP contribution in [0.4, 0.5) is 0 Å². The third-order valence-corrected chi connectivity index (χ3v) is 1.73. The molecule has 0 aliphatic heterocycles. The van der Waals surface area contributed by atoms with Crippen molar-refractivity contribution in [2.24, 2.45) is 0 Å². The molecule has 0 heterocycles. The molecule has 0 fully saturated rings. The van der Waals surface area contributed by atoms with Gasteiger partial charge in [0.15, 0.2) is 0 Å². The van der Waals surface area contributed by atoms with Gasteiger partial charge >= 0.3 is 9.53 Å². The van der Waals surface area contributed by atoms with Gasteiger partial charge in [-0.05, 0) is 0 Å². The Labute approximate surface area is 61.7 Å². The predicted octanol–water partition coefficient (Wildman–Crippen LogP) is -0.517. The first-order chi connectivity index (χ1) is 4.76. The van der Waals surface area contributed by atoms with E-state index >= 15 is 0 Å². The Hall–Kier alpha value is -0.613. The molecule has 0 aliphatic carbocycles. The Morgan fingerprint density at radius 2 is 1.40 bits per heavy atom. The lowest BCUT2D eigenvalue weighted by Gasteiger charge is -2.05. The lowest BCUT2D eigenvalue weighted by molar-refractivity contribution is 0.163. The molecule has 0 bridgehead atoms. The first kappa shape index (κ1) is 12.1. The van der Waals surface area contributed by atoms with E-state index in [0.29, 0.717) is 0 Å². The molecule has 60 valence electrons. The quantitative estimate of drug-likeness (QED) is 0.450. The molecule has 0 radical (unpaired) electrons. The molecule has 0 rings (SSSR count). The van der Waals surface area contributed by atoms with Crippen LogP contribution in [0.1, 0.15) is 0 Å². The fourth-order valence-corrected chi connectivity index (χ4v) is 0.866. The van der Waals surface area contributed by atoms with Gasteiger partial charge in [0.1, 0.15) is 0 Å². The topological polar surface area (TPSA) is 71.7 Å². The summed E-state index contributed by atoms with van der Waals surface area (Å²) in [6.07, 6.45) is 0.750. The van der Waals surface area contributed by atoms with Gasteiger partial charge in [0.05, 0.1) is 0 Å². The molecular weight excluding hydrogens is 154 g/mol. The fourth-order valence-electron chi connectivity index (χ4n) is 0.289. The maximum atomic E-state index is 6.88. The van der Waals surface area contributed by atoms with Gasteiger partial charge in [0.25, 0.3) is 6.26 Å². The summed E-state index contributed by atoms with van der Waals surface area (Å²) >= 11 is 0. The third-order valence-electron chi connectivity index (χ3n) is 0.577. The van der Waals surface area contributed by atoms with Crippen molar-refractivity contribution < 1.29 is 18.4 Å². The highest BCUT2D eigenvalue weighted by Gasteiger charge is 2.04. The molecule has 0 aromatic heterocycles. The summed E-state index contributed by atoms with van der Waals surface area (Å²) in [6, 6.07) is 0. The molecule has 5 nitrogen and oxygen atoms in total. The smallest absolute Gasteiger partial charge is 0.443 e. The zero-order chi connectivity index (χ0) is 8.41. The maximum Gasteiger partial charge on any atom is 0.483 e. The van der Waals surface area contributed by atoms with E-state index in [1.807, 2.05) is 0 Å². The second-order valence-corrected chi connectivity index (χ2v) is 3.09. The average Bonchev–Trinajstić information content (AvgIpc) is 1.93.